The van der Waals surface area contributed by atoms with E-state index >= 15 is 0 Å². The largest absolute Gasteiger partial charge is 0.388 e. The van der Waals surface area contributed by atoms with Gasteiger partial charge < -0.3 is 14.9 Å². The third-order valence-corrected chi connectivity index (χ3v) is 7.00. The number of hydrogen-bond acceptors (Lipinski definition) is 4. The number of hydrogen-bond donors (Lipinski definition) is 1. The molecule has 0 spiro atoms. The number of nitrogens with zero attached hydrogens (tertiary/aromatic N) is 3. The molecule has 1 fully saturated rings. The Bertz CT molecular complexity index is 963. The summed E-state index contributed by atoms with van der Waals surface area (Å²) in [5.41, 5.74) is 2.43. The quantitative estimate of drug-likeness (QED) is 0.746. The highest BCUT2D eigenvalue weighted by molar-refractivity contribution is 6.08. The molecular formula is C27H33N3O2. The Morgan fingerprint density at radius 1 is 1.03 bits per heavy atom. The van der Waals surface area contributed by atoms with Gasteiger partial charge in [0.2, 0.25) is 5.91 Å². The van der Waals surface area contributed by atoms with E-state index < -0.39 is 5.60 Å². The predicted octanol–water partition coefficient (Wildman–Crippen LogP) is 4.20. The van der Waals surface area contributed by atoms with Gasteiger partial charge >= 0.3 is 0 Å². The zero-order chi connectivity index (χ0) is 22.6. The number of carbonyl (C=O) groups is 1. The number of piperidine rings is 1. The Hall–Kier alpha value is -2.92. The zero-order valence-electron chi connectivity index (χ0n) is 19.0. The highest BCUT2D eigenvalue weighted by Gasteiger charge is 2.40. The molecular weight excluding hydrogens is 398 g/mol. The van der Waals surface area contributed by atoms with Crippen LogP contribution in [0.4, 0.5) is 0 Å². The number of aliphatic imine (C=N–C) groups is 1. The van der Waals surface area contributed by atoms with Crippen molar-refractivity contribution in [3.8, 4) is 0 Å². The van der Waals surface area contributed by atoms with Crippen LogP contribution in [0.3, 0.4) is 0 Å². The monoisotopic (exact) mass is 431 g/mol. The lowest BCUT2D eigenvalue weighted by molar-refractivity contribution is -0.138. The van der Waals surface area contributed by atoms with Gasteiger partial charge in [0, 0.05) is 25.7 Å². The fourth-order valence-corrected chi connectivity index (χ4v) is 4.63. The minimum Gasteiger partial charge on any atom is -0.388 e. The predicted molar refractivity (Wildman–Crippen MR) is 129 cm³/mol. The number of rotatable bonds is 6. The normalized spacial score (nSPS) is 19.9. The molecule has 0 unspecified atom stereocenters. The number of aliphatic hydroxyl groups is 1. The minimum absolute atomic E-state index is 0.0692. The third-order valence-electron chi connectivity index (χ3n) is 7.00. The summed E-state index contributed by atoms with van der Waals surface area (Å²) in [6, 6.07) is 20.2. The first-order chi connectivity index (χ1) is 15.5. The van der Waals surface area contributed by atoms with Gasteiger partial charge in [0.05, 0.1) is 17.4 Å². The van der Waals surface area contributed by atoms with Crippen LogP contribution >= 0.6 is 0 Å². The van der Waals surface area contributed by atoms with Gasteiger partial charge in [-0.15, -0.1) is 0 Å². The van der Waals surface area contributed by atoms with Gasteiger partial charge in [-0.3, -0.25) is 9.79 Å². The standard InChI is InChI=1S/C27H33N3O2/c1-21(23-9-5-3-6-10-23)19-26(31)29-17-14-27(32,15-18-29)22(2)30-16-13-25(28-20-30)24-11-7-4-8-12-24/h3-13,16,21-22,32H,14-15,17-20H2,1-2H3/t21-,22-/m1/s1. The molecule has 0 saturated carbocycles. The highest BCUT2D eigenvalue weighted by Crippen LogP contribution is 2.31. The lowest BCUT2D eigenvalue weighted by Crippen LogP contribution is -2.56. The van der Waals surface area contributed by atoms with Crippen LogP contribution in [-0.4, -0.2) is 57.9 Å². The van der Waals surface area contributed by atoms with Crippen LogP contribution in [0, 0.1) is 0 Å². The number of amides is 1. The summed E-state index contributed by atoms with van der Waals surface area (Å²) in [6.07, 6.45) is 5.72. The summed E-state index contributed by atoms with van der Waals surface area (Å²) in [4.78, 5) is 21.6. The molecule has 0 aliphatic carbocycles. The van der Waals surface area contributed by atoms with Crippen molar-refractivity contribution in [1.82, 2.24) is 9.80 Å². The summed E-state index contributed by atoms with van der Waals surface area (Å²) in [7, 11) is 0. The van der Waals surface area contributed by atoms with Crippen molar-refractivity contribution in [2.75, 3.05) is 19.8 Å². The number of likely N-dealkylation sites (tertiary alicyclic amines) is 1. The van der Waals surface area contributed by atoms with E-state index in [0.717, 1.165) is 11.3 Å². The summed E-state index contributed by atoms with van der Waals surface area (Å²) >= 11 is 0. The van der Waals surface area contributed by atoms with E-state index in [4.69, 9.17) is 4.99 Å². The Labute approximate surface area is 191 Å². The van der Waals surface area contributed by atoms with Gasteiger partial charge in [-0.1, -0.05) is 67.6 Å². The molecule has 2 aliphatic heterocycles. The van der Waals surface area contributed by atoms with Crippen LogP contribution < -0.4 is 0 Å². The van der Waals surface area contributed by atoms with Crippen LogP contribution in [0.15, 0.2) is 77.9 Å². The summed E-state index contributed by atoms with van der Waals surface area (Å²) in [6.45, 7) is 5.88. The average molecular weight is 432 g/mol. The van der Waals surface area contributed by atoms with Crippen molar-refractivity contribution >= 4 is 11.6 Å². The van der Waals surface area contributed by atoms with Gasteiger partial charge in [0.25, 0.3) is 0 Å². The van der Waals surface area contributed by atoms with Gasteiger partial charge in [0.1, 0.15) is 6.67 Å². The van der Waals surface area contributed by atoms with Crippen LogP contribution in [0.25, 0.3) is 0 Å². The molecule has 2 aromatic rings. The second-order valence-electron chi connectivity index (χ2n) is 9.06. The Kier molecular flexibility index (Phi) is 6.75. The van der Waals surface area contributed by atoms with Gasteiger partial charge in [0.15, 0.2) is 0 Å². The molecule has 168 valence electrons. The summed E-state index contributed by atoms with van der Waals surface area (Å²) < 4.78 is 0. The fraction of sp³-hybridized carbons (Fsp3) is 0.407. The van der Waals surface area contributed by atoms with E-state index in [0.29, 0.717) is 39.0 Å². The van der Waals surface area contributed by atoms with Crippen LogP contribution in [0.2, 0.25) is 0 Å². The number of benzene rings is 2. The molecule has 1 amide bonds. The van der Waals surface area contributed by atoms with Crippen molar-refractivity contribution in [3.05, 3.63) is 84.1 Å². The van der Waals surface area contributed by atoms with Crippen LogP contribution in [-0.2, 0) is 4.79 Å². The van der Waals surface area contributed by atoms with E-state index in [1.807, 2.05) is 53.6 Å². The van der Waals surface area contributed by atoms with Gasteiger partial charge in [-0.25, -0.2) is 0 Å². The molecule has 0 bridgehead atoms. The first-order valence-electron chi connectivity index (χ1n) is 11.6. The van der Waals surface area contributed by atoms with E-state index in [9.17, 15) is 9.90 Å². The van der Waals surface area contributed by atoms with Crippen molar-refractivity contribution in [1.29, 1.82) is 0 Å². The van der Waals surface area contributed by atoms with Crippen molar-refractivity contribution in [3.63, 3.8) is 0 Å². The second-order valence-corrected chi connectivity index (χ2v) is 9.06. The average Bonchev–Trinajstić information content (AvgIpc) is 2.85. The first-order valence-corrected chi connectivity index (χ1v) is 11.6. The van der Waals surface area contributed by atoms with E-state index in [-0.39, 0.29) is 17.9 Å². The van der Waals surface area contributed by atoms with Crippen molar-refractivity contribution < 1.29 is 9.90 Å². The summed E-state index contributed by atoms with van der Waals surface area (Å²) in [5.74, 6) is 0.365. The minimum atomic E-state index is -0.827. The third kappa shape index (κ3) is 4.94. The molecule has 1 saturated heterocycles. The summed E-state index contributed by atoms with van der Waals surface area (Å²) in [5, 5.41) is 11.4. The highest BCUT2D eigenvalue weighted by atomic mass is 16.3. The van der Waals surface area contributed by atoms with Crippen LogP contribution in [0.5, 0.6) is 0 Å². The second kappa shape index (κ2) is 9.70. The smallest absolute Gasteiger partial charge is 0.223 e. The molecule has 0 radical (unpaired) electrons. The van der Waals surface area contributed by atoms with Crippen molar-refractivity contribution in [2.45, 2.75) is 50.7 Å². The van der Waals surface area contributed by atoms with Crippen molar-refractivity contribution in [2.24, 2.45) is 4.99 Å². The first kappa shape index (κ1) is 22.3. The molecule has 5 nitrogen and oxygen atoms in total. The lowest BCUT2D eigenvalue weighted by atomic mass is 9.84. The van der Waals surface area contributed by atoms with E-state index in [2.05, 4.69) is 43.0 Å². The Balaban J connectivity index is 1.30. The maximum absolute atomic E-state index is 12.8. The molecule has 4 rings (SSSR count). The molecule has 2 heterocycles. The Morgan fingerprint density at radius 3 is 2.25 bits per heavy atom. The Morgan fingerprint density at radius 2 is 1.66 bits per heavy atom. The fourth-order valence-electron chi connectivity index (χ4n) is 4.63. The molecule has 1 N–H and O–H groups in total. The van der Waals surface area contributed by atoms with Gasteiger partial charge in [-0.2, -0.15) is 0 Å². The van der Waals surface area contributed by atoms with E-state index in [1.54, 1.807) is 0 Å². The SMILES string of the molecule is C[C@H](CC(=O)N1CCC(O)([C@@H](C)N2C=CC(c3ccccc3)=NC2)CC1)c1ccccc1. The maximum Gasteiger partial charge on any atom is 0.223 e. The number of carbonyl (C=O) groups excluding carboxylic acids is 1. The van der Waals surface area contributed by atoms with E-state index in [1.165, 1.54) is 5.56 Å². The molecule has 2 aliphatic rings. The maximum atomic E-state index is 12.8. The molecule has 2 aromatic carbocycles. The zero-order valence-corrected chi connectivity index (χ0v) is 19.0. The molecule has 32 heavy (non-hydrogen) atoms. The van der Waals surface area contributed by atoms with Crippen LogP contribution in [0.1, 0.15) is 50.2 Å². The van der Waals surface area contributed by atoms with Gasteiger partial charge in [-0.05, 0) is 42.9 Å². The number of allylic oxidation sites excluding steroid dienone is 1. The lowest BCUT2D eigenvalue weighted by Gasteiger charge is -2.45. The molecule has 0 aromatic heterocycles. The topological polar surface area (TPSA) is 56.1 Å². The molecule has 5 heteroatoms. The molecule has 2 atom stereocenters.